The fourth-order valence-corrected chi connectivity index (χ4v) is 4.39. The maximum atomic E-state index is 14.0. The molecule has 0 N–H and O–H groups in total. The first-order valence-corrected chi connectivity index (χ1v) is 9.02. The number of aryl methyl sites for hydroxylation is 2. The Morgan fingerprint density at radius 1 is 1.00 bits per heavy atom. The average Bonchev–Trinajstić information content (AvgIpc) is 2.94. The lowest BCUT2D eigenvalue weighted by Gasteiger charge is -2.11. The van der Waals surface area contributed by atoms with Crippen LogP contribution in [0.5, 0.6) is 0 Å². The summed E-state index contributed by atoms with van der Waals surface area (Å²) in [6.07, 6.45) is 1.75. The van der Waals surface area contributed by atoms with Gasteiger partial charge >= 0.3 is 0 Å². The standard InChI is InChI=1S/C23H18FNO/c1-3-5-16-18-12-15(24)10-11-19(18)25-22(16)20-13(2)8-9-14-6-4-7-17(21(14)20)23(25)26/h4,6-12H,3,5H2,1-2H3. The van der Waals surface area contributed by atoms with Gasteiger partial charge in [-0.25, -0.2) is 4.39 Å². The summed E-state index contributed by atoms with van der Waals surface area (Å²) in [6, 6.07) is 14.8. The molecule has 0 bridgehead atoms. The molecule has 0 saturated carbocycles. The van der Waals surface area contributed by atoms with Gasteiger partial charge in [-0.3, -0.25) is 9.20 Å². The lowest BCUT2D eigenvalue weighted by atomic mass is 9.96. The SMILES string of the molecule is CCCc1c2cc(F)ccc2n2c(=O)c3cccc4ccc(C)c(c43)c12. The van der Waals surface area contributed by atoms with E-state index in [1.54, 1.807) is 16.5 Å². The number of halogens is 1. The van der Waals surface area contributed by atoms with Crippen molar-refractivity contribution in [1.29, 1.82) is 0 Å². The molecule has 0 saturated heterocycles. The van der Waals surface area contributed by atoms with Crippen molar-refractivity contribution >= 4 is 38.0 Å². The van der Waals surface area contributed by atoms with E-state index in [0.29, 0.717) is 0 Å². The van der Waals surface area contributed by atoms with E-state index in [1.165, 1.54) is 6.07 Å². The van der Waals surface area contributed by atoms with Gasteiger partial charge in [-0.15, -0.1) is 0 Å². The van der Waals surface area contributed by atoms with Crippen molar-refractivity contribution in [1.82, 2.24) is 4.40 Å². The van der Waals surface area contributed by atoms with Gasteiger partial charge in [0.25, 0.3) is 5.56 Å². The smallest absolute Gasteiger partial charge is 0.263 e. The molecule has 2 aromatic heterocycles. The Kier molecular flexibility index (Phi) is 3.11. The van der Waals surface area contributed by atoms with Gasteiger partial charge in [0.15, 0.2) is 0 Å². The Morgan fingerprint density at radius 3 is 2.65 bits per heavy atom. The summed E-state index contributed by atoms with van der Waals surface area (Å²) in [4.78, 5) is 13.4. The van der Waals surface area contributed by atoms with Crippen LogP contribution < -0.4 is 5.56 Å². The van der Waals surface area contributed by atoms with Gasteiger partial charge in [0, 0.05) is 21.5 Å². The molecule has 5 aromatic rings. The molecule has 128 valence electrons. The Hall–Kier alpha value is -2.94. The number of benzene rings is 3. The number of hydrogen-bond acceptors (Lipinski definition) is 1. The van der Waals surface area contributed by atoms with Crippen molar-refractivity contribution in [3.63, 3.8) is 0 Å². The summed E-state index contributed by atoms with van der Waals surface area (Å²) in [6.45, 7) is 4.20. The Bertz CT molecular complexity index is 1380. The van der Waals surface area contributed by atoms with Crippen LogP contribution in [0, 0.1) is 12.7 Å². The summed E-state index contributed by atoms with van der Waals surface area (Å²) in [5, 5.41) is 4.77. The van der Waals surface area contributed by atoms with Gasteiger partial charge in [0.2, 0.25) is 0 Å². The van der Waals surface area contributed by atoms with E-state index in [1.807, 2.05) is 18.2 Å². The summed E-state index contributed by atoms with van der Waals surface area (Å²) in [5.41, 5.74) is 3.92. The second-order valence-corrected chi connectivity index (χ2v) is 7.04. The maximum absolute atomic E-state index is 14.0. The predicted octanol–water partition coefficient (Wildman–Crippen LogP) is 5.60. The van der Waals surface area contributed by atoms with Crippen LogP contribution in [0.15, 0.2) is 53.3 Å². The number of aromatic nitrogens is 1. The van der Waals surface area contributed by atoms with Gasteiger partial charge in [-0.05, 0) is 54.1 Å². The lowest BCUT2D eigenvalue weighted by molar-refractivity contribution is 0.629. The maximum Gasteiger partial charge on any atom is 0.263 e. The monoisotopic (exact) mass is 343 g/mol. The topological polar surface area (TPSA) is 21.5 Å². The lowest BCUT2D eigenvalue weighted by Crippen LogP contribution is -2.13. The van der Waals surface area contributed by atoms with Crippen LogP contribution in [0.4, 0.5) is 4.39 Å². The van der Waals surface area contributed by atoms with E-state index >= 15 is 0 Å². The Balaban J connectivity index is 2.23. The van der Waals surface area contributed by atoms with Crippen LogP contribution in [0.25, 0.3) is 38.0 Å². The zero-order valence-electron chi connectivity index (χ0n) is 14.8. The molecule has 0 aliphatic heterocycles. The average molecular weight is 343 g/mol. The van der Waals surface area contributed by atoms with Crippen LogP contribution in [-0.4, -0.2) is 4.40 Å². The minimum absolute atomic E-state index is 0.0253. The minimum Gasteiger partial charge on any atom is -0.275 e. The molecule has 0 amide bonds. The molecule has 0 aliphatic rings. The molecule has 3 heteroatoms. The fraction of sp³-hybridized carbons (Fsp3) is 0.174. The van der Waals surface area contributed by atoms with Gasteiger partial charge in [-0.1, -0.05) is 37.6 Å². The van der Waals surface area contributed by atoms with Crippen molar-refractivity contribution in [3.8, 4) is 0 Å². The number of rotatable bonds is 2. The number of nitrogens with zero attached hydrogens (tertiary/aromatic N) is 1. The highest BCUT2D eigenvalue weighted by molar-refractivity contribution is 6.19. The molecular formula is C23H18FNO. The van der Waals surface area contributed by atoms with E-state index in [-0.39, 0.29) is 11.4 Å². The van der Waals surface area contributed by atoms with E-state index in [4.69, 9.17) is 0 Å². The van der Waals surface area contributed by atoms with Crippen molar-refractivity contribution < 1.29 is 4.39 Å². The third-order valence-electron chi connectivity index (χ3n) is 5.46. The van der Waals surface area contributed by atoms with E-state index in [0.717, 1.165) is 61.9 Å². The number of pyridine rings is 1. The van der Waals surface area contributed by atoms with Crippen LogP contribution in [0.3, 0.4) is 0 Å². The van der Waals surface area contributed by atoms with Crippen LogP contribution in [0.2, 0.25) is 0 Å². The zero-order valence-corrected chi connectivity index (χ0v) is 14.8. The summed E-state index contributed by atoms with van der Waals surface area (Å²) >= 11 is 0. The van der Waals surface area contributed by atoms with Crippen molar-refractivity contribution in [2.45, 2.75) is 26.7 Å². The third kappa shape index (κ3) is 1.83. The summed E-state index contributed by atoms with van der Waals surface area (Å²) in [7, 11) is 0. The molecule has 2 heterocycles. The van der Waals surface area contributed by atoms with Crippen LogP contribution in [0.1, 0.15) is 24.5 Å². The first-order valence-electron chi connectivity index (χ1n) is 9.02. The number of fused-ring (bicyclic) bond motifs is 4. The molecule has 0 spiro atoms. The normalized spacial score (nSPS) is 12.1. The zero-order chi connectivity index (χ0) is 18.0. The molecule has 3 aromatic carbocycles. The molecule has 5 rings (SSSR count). The van der Waals surface area contributed by atoms with Gasteiger partial charge in [0.05, 0.1) is 11.0 Å². The molecule has 0 radical (unpaired) electrons. The molecule has 26 heavy (non-hydrogen) atoms. The van der Waals surface area contributed by atoms with Gasteiger partial charge < -0.3 is 0 Å². The van der Waals surface area contributed by atoms with E-state index in [9.17, 15) is 9.18 Å². The van der Waals surface area contributed by atoms with Gasteiger partial charge in [-0.2, -0.15) is 0 Å². The quantitative estimate of drug-likeness (QED) is 0.409. The minimum atomic E-state index is -0.266. The number of hydrogen-bond donors (Lipinski definition) is 0. The highest BCUT2D eigenvalue weighted by atomic mass is 19.1. The first kappa shape index (κ1) is 15.3. The van der Waals surface area contributed by atoms with Gasteiger partial charge in [0.1, 0.15) is 5.82 Å². The van der Waals surface area contributed by atoms with Crippen LogP contribution in [-0.2, 0) is 6.42 Å². The first-order chi connectivity index (χ1) is 12.6. The Labute approximate surface area is 149 Å². The highest BCUT2D eigenvalue weighted by Crippen LogP contribution is 2.37. The highest BCUT2D eigenvalue weighted by Gasteiger charge is 2.20. The van der Waals surface area contributed by atoms with Crippen LogP contribution >= 0.6 is 0 Å². The van der Waals surface area contributed by atoms with Crippen molar-refractivity contribution in [2.24, 2.45) is 0 Å². The molecule has 0 atom stereocenters. The third-order valence-corrected chi connectivity index (χ3v) is 5.46. The molecule has 0 aliphatic carbocycles. The van der Waals surface area contributed by atoms with Crippen molar-refractivity contribution in [3.05, 3.63) is 75.8 Å². The molecular weight excluding hydrogens is 325 g/mol. The molecule has 2 nitrogen and oxygen atoms in total. The van der Waals surface area contributed by atoms with Crippen molar-refractivity contribution in [2.75, 3.05) is 0 Å². The van der Waals surface area contributed by atoms with E-state index < -0.39 is 0 Å². The fourth-order valence-electron chi connectivity index (χ4n) is 4.39. The second-order valence-electron chi connectivity index (χ2n) is 7.04. The second kappa shape index (κ2) is 5.28. The molecule has 0 fully saturated rings. The summed E-state index contributed by atoms with van der Waals surface area (Å²) in [5.74, 6) is -0.266. The largest absolute Gasteiger partial charge is 0.275 e. The Morgan fingerprint density at radius 2 is 1.85 bits per heavy atom. The molecule has 0 unspecified atom stereocenters. The predicted molar refractivity (Wildman–Crippen MR) is 106 cm³/mol. The summed E-state index contributed by atoms with van der Waals surface area (Å²) < 4.78 is 15.8. The van der Waals surface area contributed by atoms with E-state index in [2.05, 4.69) is 26.0 Å².